The summed E-state index contributed by atoms with van der Waals surface area (Å²) >= 11 is 0. The van der Waals surface area contributed by atoms with Crippen molar-refractivity contribution in [2.24, 2.45) is 10.2 Å². The molecular weight excluding hydrogens is 272 g/mol. The fourth-order valence-electron chi connectivity index (χ4n) is 1.77. The quantitative estimate of drug-likeness (QED) is 0.754. The van der Waals surface area contributed by atoms with Gasteiger partial charge in [0.25, 0.3) is 5.56 Å². The number of nitrogens with one attached hydrogen (secondary N) is 2. The summed E-state index contributed by atoms with van der Waals surface area (Å²) in [6.45, 7) is 5.85. The van der Waals surface area contributed by atoms with Gasteiger partial charge in [0.2, 0.25) is 0 Å². The van der Waals surface area contributed by atoms with Gasteiger partial charge in [-0.2, -0.15) is 5.11 Å². The minimum Gasteiger partial charge on any atom is -0.478 e. The van der Waals surface area contributed by atoms with Crippen LogP contribution in [0.1, 0.15) is 36.8 Å². The van der Waals surface area contributed by atoms with Crippen LogP contribution in [0.25, 0.3) is 0 Å². The second-order valence-corrected chi connectivity index (χ2v) is 5.60. The first-order chi connectivity index (χ1) is 9.79. The Morgan fingerprint density at radius 1 is 1.10 bits per heavy atom. The number of carboxylic acid groups (broad SMARTS) is 1. The van der Waals surface area contributed by atoms with Gasteiger partial charge in [-0.3, -0.25) is 15.0 Å². The maximum atomic E-state index is 11.7. The van der Waals surface area contributed by atoms with E-state index in [1.165, 1.54) is 24.3 Å². The van der Waals surface area contributed by atoms with E-state index in [0.29, 0.717) is 11.4 Å². The summed E-state index contributed by atoms with van der Waals surface area (Å²) in [7, 11) is 0. The Bertz CT molecular complexity index is 733. The largest absolute Gasteiger partial charge is 0.478 e. The van der Waals surface area contributed by atoms with Crippen LogP contribution in [0.3, 0.4) is 0 Å². The number of aromatic amines is 2. The van der Waals surface area contributed by atoms with Crippen LogP contribution >= 0.6 is 0 Å². The number of carbonyl (C=O) groups is 1. The monoisotopic (exact) mass is 288 g/mol. The highest BCUT2D eigenvalue weighted by atomic mass is 16.4. The van der Waals surface area contributed by atoms with E-state index >= 15 is 0 Å². The first-order valence-corrected chi connectivity index (χ1v) is 6.35. The van der Waals surface area contributed by atoms with Gasteiger partial charge in [-0.25, -0.2) is 4.79 Å². The summed E-state index contributed by atoms with van der Waals surface area (Å²) < 4.78 is 0. The molecule has 0 aliphatic rings. The van der Waals surface area contributed by atoms with Gasteiger partial charge in [-0.15, -0.1) is 5.11 Å². The SMILES string of the molecule is CC(C)(C)c1[nH][nH]c(=O)c1N=Nc1ccc(C(=O)O)cc1. The summed E-state index contributed by atoms with van der Waals surface area (Å²) in [4.78, 5) is 22.5. The molecule has 1 aromatic carbocycles. The van der Waals surface area contributed by atoms with Crippen LogP contribution in [-0.2, 0) is 5.41 Å². The smallest absolute Gasteiger partial charge is 0.335 e. The Balaban J connectivity index is 2.32. The molecule has 0 aliphatic carbocycles. The number of nitrogens with zero attached hydrogens (tertiary/aromatic N) is 2. The second-order valence-electron chi connectivity index (χ2n) is 5.60. The van der Waals surface area contributed by atoms with Crippen LogP contribution in [0, 0.1) is 0 Å². The number of aromatic carboxylic acids is 1. The van der Waals surface area contributed by atoms with Crippen molar-refractivity contribution in [2.75, 3.05) is 0 Å². The molecule has 21 heavy (non-hydrogen) atoms. The average Bonchev–Trinajstić information content (AvgIpc) is 2.78. The molecule has 2 aromatic rings. The van der Waals surface area contributed by atoms with E-state index in [1.54, 1.807) is 0 Å². The minimum absolute atomic E-state index is 0.170. The van der Waals surface area contributed by atoms with Gasteiger partial charge in [-0.1, -0.05) is 20.8 Å². The molecule has 0 saturated heterocycles. The van der Waals surface area contributed by atoms with Crippen molar-refractivity contribution < 1.29 is 9.90 Å². The summed E-state index contributed by atoms with van der Waals surface area (Å²) in [5, 5.41) is 22.1. The number of aromatic nitrogens is 2. The first kappa shape index (κ1) is 14.7. The predicted octanol–water partition coefficient (Wildman–Crippen LogP) is 3.11. The van der Waals surface area contributed by atoms with Crippen molar-refractivity contribution in [3.8, 4) is 0 Å². The topological polar surface area (TPSA) is 111 Å². The van der Waals surface area contributed by atoms with Crippen molar-refractivity contribution in [2.45, 2.75) is 26.2 Å². The lowest BCUT2D eigenvalue weighted by molar-refractivity contribution is 0.0697. The van der Waals surface area contributed by atoms with Gasteiger partial charge < -0.3 is 5.11 Å². The number of carboxylic acids is 1. The molecule has 0 amide bonds. The molecule has 0 bridgehead atoms. The molecule has 110 valence electrons. The lowest BCUT2D eigenvalue weighted by atomic mass is 9.91. The molecule has 0 atom stereocenters. The molecule has 0 unspecified atom stereocenters. The minimum atomic E-state index is -1.00. The number of azo groups is 1. The fraction of sp³-hybridized carbons (Fsp3) is 0.286. The van der Waals surface area contributed by atoms with Gasteiger partial charge in [-0.05, 0) is 24.3 Å². The maximum Gasteiger partial charge on any atom is 0.335 e. The van der Waals surface area contributed by atoms with Gasteiger partial charge >= 0.3 is 5.97 Å². The zero-order valence-electron chi connectivity index (χ0n) is 12.0. The van der Waals surface area contributed by atoms with Crippen molar-refractivity contribution >= 4 is 17.3 Å². The predicted molar refractivity (Wildman–Crippen MR) is 77.7 cm³/mol. The van der Waals surface area contributed by atoms with E-state index in [-0.39, 0.29) is 22.2 Å². The Hall–Kier alpha value is -2.70. The number of hydrogen-bond donors (Lipinski definition) is 3. The molecule has 0 radical (unpaired) electrons. The Labute approximate surface area is 120 Å². The van der Waals surface area contributed by atoms with Crippen LogP contribution in [-0.4, -0.2) is 21.3 Å². The lowest BCUT2D eigenvalue weighted by Gasteiger charge is -2.15. The van der Waals surface area contributed by atoms with Crippen molar-refractivity contribution in [1.29, 1.82) is 0 Å². The van der Waals surface area contributed by atoms with Crippen LogP contribution in [0.15, 0.2) is 39.3 Å². The highest BCUT2D eigenvalue weighted by Crippen LogP contribution is 2.27. The van der Waals surface area contributed by atoms with Crippen LogP contribution in [0.4, 0.5) is 11.4 Å². The van der Waals surface area contributed by atoms with E-state index in [9.17, 15) is 9.59 Å². The third kappa shape index (κ3) is 3.25. The number of rotatable bonds is 3. The highest BCUT2D eigenvalue weighted by molar-refractivity contribution is 5.87. The molecule has 2 rings (SSSR count). The lowest BCUT2D eigenvalue weighted by Crippen LogP contribution is -2.12. The molecule has 7 nitrogen and oxygen atoms in total. The van der Waals surface area contributed by atoms with Gasteiger partial charge in [0.1, 0.15) is 0 Å². The summed E-state index contributed by atoms with van der Waals surface area (Å²) in [5.41, 5.74) is 0.916. The van der Waals surface area contributed by atoms with E-state index in [2.05, 4.69) is 20.4 Å². The highest BCUT2D eigenvalue weighted by Gasteiger charge is 2.22. The Kier molecular flexibility index (Phi) is 3.75. The van der Waals surface area contributed by atoms with Gasteiger partial charge in [0.05, 0.1) is 16.9 Å². The first-order valence-electron chi connectivity index (χ1n) is 6.35. The summed E-state index contributed by atoms with van der Waals surface area (Å²) in [6, 6.07) is 5.93. The summed E-state index contributed by atoms with van der Waals surface area (Å²) in [6.07, 6.45) is 0. The Morgan fingerprint density at radius 3 is 2.24 bits per heavy atom. The third-order valence-corrected chi connectivity index (χ3v) is 2.88. The molecule has 0 fully saturated rings. The van der Waals surface area contributed by atoms with E-state index in [0.717, 1.165) is 0 Å². The van der Waals surface area contributed by atoms with Gasteiger partial charge in [0, 0.05) is 5.41 Å². The second kappa shape index (κ2) is 5.35. The van der Waals surface area contributed by atoms with E-state index in [4.69, 9.17) is 5.11 Å². The zero-order chi connectivity index (χ0) is 15.6. The normalized spacial score (nSPS) is 12.0. The maximum absolute atomic E-state index is 11.7. The number of H-pyrrole nitrogens is 2. The third-order valence-electron chi connectivity index (χ3n) is 2.88. The Morgan fingerprint density at radius 2 is 1.71 bits per heavy atom. The standard InChI is InChI=1S/C14H16N4O3/c1-14(2,3)11-10(12(19)18-17-11)16-15-9-6-4-8(5-7-9)13(20)21/h4-7H,1-3H3,(H,20,21)(H2,17,18,19). The molecule has 7 heteroatoms. The molecule has 1 heterocycles. The number of benzene rings is 1. The van der Waals surface area contributed by atoms with E-state index in [1.807, 2.05) is 20.8 Å². The summed E-state index contributed by atoms with van der Waals surface area (Å²) in [5.74, 6) is -1.00. The van der Waals surface area contributed by atoms with Crippen molar-refractivity contribution in [3.63, 3.8) is 0 Å². The zero-order valence-corrected chi connectivity index (χ0v) is 12.0. The van der Waals surface area contributed by atoms with Crippen LogP contribution in [0.2, 0.25) is 0 Å². The molecule has 1 aromatic heterocycles. The van der Waals surface area contributed by atoms with Crippen LogP contribution < -0.4 is 5.56 Å². The molecule has 0 spiro atoms. The molecule has 0 saturated carbocycles. The van der Waals surface area contributed by atoms with Crippen molar-refractivity contribution in [3.05, 3.63) is 45.9 Å². The number of hydrogen-bond acceptors (Lipinski definition) is 4. The van der Waals surface area contributed by atoms with Crippen LogP contribution in [0.5, 0.6) is 0 Å². The molecule has 3 N–H and O–H groups in total. The molecule has 0 aliphatic heterocycles. The van der Waals surface area contributed by atoms with Gasteiger partial charge in [0.15, 0.2) is 5.69 Å². The molecular formula is C14H16N4O3. The fourth-order valence-corrected chi connectivity index (χ4v) is 1.77. The van der Waals surface area contributed by atoms with Crippen molar-refractivity contribution in [1.82, 2.24) is 10.2 Å². The average molecular weight is 288 g/mol. The van der Waals surface area contributed by atoms with E-state index < -0.39 is 5.97 Å².